The molecule has 3 aromatic carbocycles. The fraction of sp³-hybridized carbons (Fsp3) is 0.269. The van der Waals surface area contributed by atoms with Gasteiger partial charge in [0.15, 0.2) is 0 Å². The van der Waals surface area contributed by atoms with Crippen LogP contribution in [0.3, 0.4) is 0 Å². The highest BCUT2D eigenvalue weighted by atomic mass is 16.5. The Morgan fingerprint density at radius 1 is 1.00 bits per heavy atom. The van der Waals surface area contributed by atoms with E-state index in [0.717, 1.165) is 36.7 Å². The number of fused-ring (bicyclic) bond motifs is 3. The summed E-state index contributed by atoms with van der Waals surface area (Å²) in [5.74, 6) is 2.02. The SMILES string of the molecule is Cc1ccc2c(c1)[C@H]1C[NH+](C)CC[C@@H]1N2C(=O)c1ccc(Oc2ccccc2)cc1. The van der Waals surface area contributed by atoms with Gasteiger partial charge < -0.3 is 14.5 Å². The summed E-state index contributed by atoms with van der Waals surface area (Å²) in [6.07, 6.45) is 1.03. The van der Waals surface area contributed by atoms with Crippen LogP contribution in [-0.4, -0.2) is 32.1 Å². The second kappa shape index (κ2) is 7.62. The van der Waals surface area contributed by atoms with E-state index in [1.807, 2.05) is 54.6 Å². The van der Waals surface area contributed by atoms with Crippen LogP contribution in [0.25, 0.3) is 0 Å². The molecule has 0 aromatic heterocycles. The molecule has 2 aliphatic rings. The number of benzene rings is 3. The van der Waals surface area contributed by atoms with E-state index in [1.54, 1.807) is 4.90 Å². The third-order valence-corrected chi connectivity index (χ3v) is 6.37. The average Bonchev–Trinajstić information content (AvgIpc) is 3.07. The van der Waals surface area contributed by atoms with Gasteiger partial charge in [0.2, 0.25) is 0 Å². The van der Waals surface area contributed by atoms with Crippen LogP contribution in [-0.2, 0) is 0 Å². The summed E-state index contributed by atoms with van der Waals surface area (Å²) in [5, 5.41) is 0. The van der Waals surface area contributed by atoms with Crippen LogP contribution in [0.2, 0.25) is 0 Å². The number of nitrogens with zero attached hydrogens (tertiary/aromatic N) is 1. The second-order valence-electron chi connectivity index (χ2n) is 8.55. The second-order valence-corrected chi connectivity index (χ2v) is 8.55. The van der Waals surface area contributed by atoms with Gasteiger partial charge in [-0.1, -0.05) is 35.9 Å². The molecule has 0 aliphatic carbocycles. The Morgan fingerprint density at radius 3 is 2.50 bits per heavy atom. The number of aryl methyl sites for hydroxylation is 1. The largest absolute Gasteiger partial charge is 0.457 e. The molecule has 3 aromatic rings. The van der Waals surface area contributed by atoms with Crippen molar-refractivity contribution in [3.8, 4) is 11.5 Å². The van der Waals surface area contributed by atoms with Crippen LogP contribution in [0.5, 0.6) is 11.5 Å². The first-order chi connectivity index (χ1) is 14.6. The Kier molecular flexibility index (Phi) is 4.80. The quantitative estimate of drug-likeness (QED) is 0.727. The number of likely N-dealkylation sites (N-methyl/N-ethyl adjacent to an activating group) is 1. The molecule has 4 heteroatoms. The van der Waals surface area contributed by atoms with Gasteiger partial charge in [0, 0.05) is 17.7 Å². The summed E-state index contributed by atoms with van der Waals surface area (Å²) < 4.78 is 5.88. The summed E-state index contributed by atoms with van der Waals surface area (Å²) >= 11 is 0. The molecule has 1 saturated heterocycles. The lowest BCUT2D eigenvalue weighted by Crippen LogP contribution is -3.11. The number of para-hydroxylation sites is 1. The molecule has 4 nitrogen and oxygen atoms in total. The zero-order valence-electron chi connectivity index (χ0n) is 17.5. The van der Waals surface area contributed by atoms with Crippen LogP contribution in [0.4, 0.5) is 5.69 Å². The molecule has 0 bridgehead atoms. The smallest absolute Gasteiger partial charge is 0.258 e. The van der Waals surface area contributed by atoms with Crippen molar-refractivity contribution in [1.82, 2.24) is 0 Å². The van der Waals surface area contributed by atoms with Crippen molar-refractivity contribution in [3.05, 3.63) is 89.5 Å². The van der Waals surface area contributed by atoms with Crippen molar-refractivity contribution in [2.75, 3.05) is 25.0 Å². The maximum Gasteiger partial charge on any atom is 0.258 e. The van der Waals surface area contributed by atoms with Gasteiger partial charge in [-0.05, 0) is 55.0 Å². The Balaban J connectivity index is 1.43. The van der Waals surface area contributed by atoms with Crippen molar-refractivity contribution >= 4 is 11.6 Å². The molecule has 152 valence electrons. The number of amides is 1. The molecule has 1 N–H and O–H groups in total. The average molecular weight is 400 g/mol. The first kappa shape index (κ1) is 18.9. The zero-order valence-corrected chi connectivity index (χ0v) is 17.5. The topological polar surface area (TPSA) is 34.0 Å². The minimum Gasteiger partial charge on any atom is -0.457 e. The lowest BCUT2D eigenvalue weighted by atomic mass is 9.88. The summed E-state index contributed by atoms with van der Waals surface area (Å²) in [6.45, 7) is 4.31. The number of hydrogen-bond acceptors (Lipinski definition) is 2. The van der Waals surface area contributed by atoms with Crippen molar-refractivity contribution < 1.29 is 14.4 Å². The van der Waals surface area contributed by atoms with E-state index in [0.29, 0.717) is 11.5 Å². The molecule has 2 heterocycles. The van der Waals surface area contributed by atoms with Crippen molar-refractivity contribution in [1.29, 1.82) is 0 Å². The van der Waals surface area contributed by atoms with E-state index in [1.165, 1.54) is 11.1 Å². The molecule has 3 atom stereocenters. The molecular weight excluding hydrogens is 372 g/mol. The van der Waals surface area contributed by atoms with Gasteiger partial charge in [-0.3, -0.25) is 4.79 Å². The van der Waals surface area contributed by atoms with E-state index >= 15 is 0 Å². The number of piperidine rings is 1. The highest BCUT2D eigenvalue weighted by molar-refractivity contribution is 6.08. The summed E-state index contributed by atoms with van der Waals surface area (Å²) in [6, 6.07) is 24.0. The van der Waals surface area contributed by atoms with Gasteiger partial charge >= 0.3 is 0 Å². The first-order valence-electron chi connectivity index (χ1n) is 10.7. The molecule has 30 heavy (non-hydrogen) atoms. The van der Waals surface area contributed by atoms with E-state index in [2.05, 4.69) is 37.1 Å². The summed E-state index contributed by atoms with van der Waals surface area (Å²) in [4.78, 5) is 17.2. The monoisotopic (exact) mass is 399 g/mol. The van der Waals surface area contributed by atoms with Crippen LogP contribution in [0.15, 0.2) is 72.8 Å². The van der Waals surface area contributed by atoms with E-state index in [4.69, 9.17) is 4.74 Å². The Hall–Kier alpha value is -3.11. The van der Waals surface area contributed by atoms with Gasteiger partial charge in [0.1, 0.15) is 11.5 Å². The Morgan fingerprint density at radius 2 is 1.73 bits per heavy atom. The molecular formula is C26H27N2O2+. The number of quaternary nitrogens is 1. The predicted molar refractivity (Wildman–Crippen MR) is 119 cm³/mol. The highest BCUT2D eigenvalue weighted by Crippen LogP contribution is 2.43. The molecule has 1 fully saturated rings. The van der Waals surface area contributed by atoms with Crippen LogP contribution in [0.1, 0.15) is 33.8 Å². The van der Waals surface area contributed by atoms with E-state index in [-0.39, 0.29) is 11.9 Å². The fourth-order valence-corrected chi connectivity index (χ4v) is 4.89. The number of rotatable bonds is 3. The van der Waals surface area contributed by atoms with Crippen LogP contribution < -0.4 is 14.5 Å². The Labute approximate surface area is 177 Å². The third kappa shape index (κ3) is 3.37. The molecule has 2 aliphatic heterocycles. The van der Waals surface area contributed by atoms with Crippen LogP contribution >= 0.6 is 0 Å². The number of carbonyl (C=O) groups excluding carboxylic acids is 1. The van der Waals surface area contributed by atoms with E-state index < -0.39 is 0 Å². The molecule has 0 saturated carbocycles. The van der Waals surface area contributed by atoms with Crippen molar-refractivity contribution in [2.45, 2.75) is 25.3 Å². The first-order valence-corrected chi connectivity index (χ1v) is 10.7. The normalized spacial score (nSPS) is 22.3. The number of anilines is 1. The van der Waals surface area contributed by atoms with Crippen molar-refractivity contribution in [2.24, 2.45) is 0 Å². The molecule has 1 amide bonds. The lowest BCUT2D eigenvalue weighted by Gasteiger charge is -2.34. The minimum absolute atomic E-state index is 0.0819. The van der Waals surface area contributed by atoms with Gasteiger partial charge in [0.25, 0.3) is 5.91 Å². The molecule has 0 radical (unpaired) electrons. The molecule has 0 spiro atoms. The predicted octanol–water partition coefficient (Wildman–Crippen LogP) is 3.82. The fourth-order valence-electron chi connectivity index (χ4n) is 4.89. The third-order valence-electron chi connectivity index (χ3n) is 6.37. The lowest BCUT2D eigenvalue weighted by molar-refractivity contribution is -0.886. The van der Waals surface area contributed by atoms with Gasteiger partial charge in [-0.25, -0.2) is 0 Å². The van der Waals surface area contributed by atoms with Gasteiger partial charge in [-0.15, -0.1) is 0 Å². The van der Waals surface area contributed by atoms with Gasteiger partial charge in [0.05, 0.1) is 32.1 Å². The number of carbonyl (C=O) groups is 1. The maximum atomic E-state index is 13.6. The molecule has 1 unspecified atom stereocenters. The number of nitrogens with one attached hydrogen (secondary N) is 1. The summed E-state index contributed by atoms with van der Waals surface area (Å²) in [5.41, 5.74) is 4.37. The van der Waals surface area contributed by atoms with Crippen LogP contribution in [0, 0.1) is 6.92 Å². The zero-order chi connectivity index (χ0) is 20.7. The minimum atomic E-state index is 0.0819. The number of likely N-dealkylation sites (tertiary alicyclic amines) is 1. The number of ether oxygens (including phenoxy) is 1. The standard InChI is InChI=1S/C26H26N2O2/c1-18-8-13-24-22(16-18)23-17-27(2)15-14-25(23)28(24)26(29)19-9-11-21(12-10-19)30-20-6-4-3-5-7-20/h3-13,16,23,25H,14-15,17H2,1-2H3/p+1/t23-,25+/m1/s1. The summed E-state index contributed by atoms with van der Waals surface area (Å²) in [7, 11) is 2.25. The maximum absolute atomic E-state index is 13.6. The van der Waals surface area contributed by atoms with E-state index in [9.17, 15) is 4.79 Å². The number of hydrogen-bond donors (Lipinski definition) is 1. The van der Waals surface area contributed by atoms with Crippen molar-refractivity contribution in [3.63, 3.8) is 0 Å². The molecule has 5 rings (SSSR count). The van der Waals surface area contributed by atoms with Gasteiger partial charge in [-0.2, -0.15) is 0 Å². The highest BCUT2D eigenvalue weighted by Gasteiger charge is 2.45. The Bertz CT molecular complexity index is 1060.